The van der Waals surface area contributed by atoms with E-state index < -0.39 is 5.91 Å². The first kappa shape index (κ1) is 21.2. The van der Waals surface area contributed by atoms with Crippen LogP contribution < -0.4 is 15.1 Å². The zero-order valence-corrected chi connectivity index (χ0v) is 19.7. The molecule has 0 spiro atoms. The van der Waals surface area contributed by atoms with Crippen molar-refractivity contribution in [2.24, 2.45) is 5.10 Å². The minimum absolute atomic E-state index is 0.0362. The lowest BCUT2D eigenvalue weighted by Gasteiger charge is -2.40. The minimum atomic E-state index is -0.429. The van der Waals surface area contributed by atoms with Crippen LogP contribution in [-0.2, 0) is 0 Å². The summed E-state index contributed by atoms with van der Waals surface area (Å²) in [7, 11) is 3.65. The molecule has 160 valence electrons. The van der Waals surface area contributed by atoms with Crippen molar-refractivity contribution in [3.8, 4) is 5.75 Å². The van der Waals surface area contributed by atoms with E-state index in [1.807, 2.05) is 12.1 Å². The highest BCUT2D eigenvalue weighted by molar-refractivity contribution is 9.10. The summed E-state index contributed by atoms with van der Waals surface area (Å²) in [6.45, 7) is 6.50. The number of hydrazone groups is 1. The molecule has 2 heterocycles. The molecule has 0 unspecified atom stereocenters. The number of methoxy groups -OCH3 is 1. The number of ether oxygens (including phenoxy) is 1. The smallest absolute Gasteiger partial charge is 0.307 e. The fraction of sp³-hybridized carbons (Fsp3) is 0.250. The van der Waals surface area contributed by atoms with Crippen LogP contribution in [0, 0.1) is 0 Å². The van der Waals surface area contributed by atoms with Gasteiger partial charge in [0.05, 0.1) is 18.9 Å². The quantitative estimate of drug-likeness (QED) is 0.389. The van der Waals surface area contributed by atoms with Gasteiger partial charge in [-0.3, -0.25) is 4.79 Å². The van der Waals surface area contributed by atoms with E-state index in [1.165, 1.54) is 11.3 Å². The molecule has 0 saturated carbocycles. The van der Waals surface area contributed by atoms with Gasteiger partial charge in [0.15, 0.2) is 17.1 Å². The number of benzene rings is 2. The molecule has 0 bridgehead atoms. The number of furan rings is 1. The van der Waals surface area contributed by atoms with Crippen molar-refractivity contribution < 1.29 is 13.9 Å². The number of hydrogen-bond acceptors (Lipinski definition) is 5. The molecule has 4 rings (SSSR count). The van der Waals surface area contributed by atoms with Gasteiger partial charge in [-0.2, -0.15) is 5.10 Å². The van der Waals surface area contributed by atoms with Gasteiger partial charge >= 0.3 is 5.91 Å². The Labute approximate surface area is 189 Å². The molecule has 1 aromatic heterocycles. The average Bonchev–Trinajstić information content (AvgIpc) is 3.15. The van der Waals surface area contributed by atoms with Gasteiger partial charge in [0, 0.05) is 28.2 Å². The molecule has 0 saturated heterocycles. The molecule has 1 aliphatic rings. The Morgan fingerprint density at radius 2 is 2.03 bits per heavy atom. The number of nitrogens with one attached hydrogen (secondary N) is 1. The summed E-state index contributed by atoms with van der Waals surface area (Å²) in [6.07, 6.45) is 3.89. The van der Waals surface area contributed by atoms with Crippen molar-refractivity contribution >= 4 is 50.3 Å². The molecule has 2 aromatic carbocycles. The monoisotopic (exact) mass is 481 g/mol. The summed E-state index contributed by atoms with van der Waals surface area (Å²) in [5.41, 5.74) is 7.47. The van der Waals surface area contributed by atoms with Crippen LogP contribution in [0.15, 0.2) is 56.5 Å². The summed E-state index contributed by atoms with van der Waals surface area (Å²) in [5.74, 6) is 0.287. The van der Waals surface area contributed by atoms with E-state index >= 15 is 0 Å². The number of carbonyl (C=O) groups is 1. The zero-order chi connectivity index (χ0) is 22.3. The van der Waals surface area contributed by atoms with E-state index in [2.05, 4.69) is 77.4 Å². The van der Waals surface area contributed by atoms with Crippen molar-refractivity contribution in [2.45, 2.75) is 26.3 Å². The lowest BCUT2D eigenvalue weighted by Crippen LogP contribution is -2.42. The second-order valence-corrected chi connectivity index (χ2v) is 9.07. The predicted molar refractivity (Wildman–Crippen MR) is 128 cm³/mol. The number of fused-ring (bicyclic) bond motifs is 2. The van der Waals surface area contributed by atoms with Crippen molar-refractivity contribution in [3.63, 3.8) is 0 Å². The summed E-state index contributed by atoms with van der Waals surface area (Å²) in [6, 6.07) is 11.5. The number of carbonyl (C=O) groups excluding carboxylic acids is 1. The fourth-order valence-corrected chi connectivity index (χ4v) is 4.28. The van der Waals surface area contributed by atoms with Crippen molar-refractivity contribution in [1.29, 1.82) is 0 Å². The van der Waals surface area contributed by atoms with E-state index in [0.29, 0.717) is 11.3 Å². The minimum Gasteiger partial charge on any atom is -0.493 e. The fourth-order valence-electron chi connectivity index (χ4n) is 3.83. The summed E-state index contributed by atoms with van der Waals surface area (Å²) in [4.78, 5) is 14.8. The van der Waals surface area contributed by atoms with Crippen LogP contribution in [0.3, 0.4) is 0 Å². The number of hydrogen-bond donors (Lipinski definition) is 1. The molecular formula is C24H24BrN3O3. The second-order valence-electron chi connectivity index (χ2n) is 8.15. The number of anilines is 1. The van der Waals surface area contributed by atoms with Gasteiger partial charge < -0.3 is 14.1 Å². The molecular weight excluding hydrogens is 458 g/mol. The molecule has 1 N–H and O–H groups in total. The van der Waals surface area contributed by atoms with Crippen LogP contribution in [0.25, 0.3) is 16.5 Å². The van der Waals surface area contributed by atoms with Crippen LogP contribution in [0.1, 0.15) is 42.5 Å². The summed E-state index contributed by atoms with van der Waals surface area (Å²) < 4.78 is 11.8. The zero-order valence-electron chi connectivity index (χ0n) is 18.1. The molecule has 0 aliphatic carbocycles. The Balaban J connectivity index is 1.52. The van der Waals surface area contributed by atoms with E-state index in [1.54, 1.807) is 25.5 Å². The van der Waals surface area contributed by atoms with Crippen molar-refractivity contribution in [3.05, 3.63) is 63.8 Å². The van der Waals surface area contributed by atoms with Crippen LogP contribution in [0.5, 0.6) is 5.75 Å². The van der Waals surface area contributed by atoms with E-state index in [9.17, 15) is 4.79 Å². The number of likely N-dealkylation sites (N-methyl/N-ethyl adjacent to an activating group) is 1. The average molecular weight is 482 g/mol. The molecule has 0 atom stereocenters. The molecule has 6 nitrogen and oxygen atoms in total. The third-order valence-electron chi connectivity index (χ3n) is 5.61. The first-order valence-electron chi connectivity index (χ1n) is 9.88. The van der Waals surface area contributed by atoms with Gasteiger partial charge in [0.1, 0.15) is 0 Å². The summed E-state index contributed by atoms with van der Waals surface area (Å²) >= 11 is 3.43. The lowest BCUT2D eigenvalue weighted by atomic mass is 9.89. The lowest BCUT2D eigenvalue weighted by molar-refractivity contribution is 0.0929. The van der Waals surface area contributed by atoms with E-state index in [-0.39, 0.29) is 11.3 Å². The maximum atomic E-state index is 12.5. The molecule has 0 radical (unpaired) electrons. The van der Waals surface area contributed by atoms with Gasteiger partial charge in [0.2, 0.25) is 0 Å². The Morgan fingerprint density at radius 1 is 1.26 bits per heavy atom. The highest BCUT2D eigenvalue weighted by Gasteiger charge is 2.28. The molecule has 3 aromatic rings. The number of rotatable bonds is 4. The normalized spacial score (nSPS) is 15.2. The maximum absolute atomic E-state index is 12.5. The molecule has 1 amide bonds. The van der Waals surface area contributed by atoms with Gasteiger partial charge in [0.25, 0.3) is 0 Å². The topological polar surface area (TPSA) is 67.1 Å². The number of halogens is 1. The predicted octanol–water partition coefficient (Wildman–Crippen LogP) is 5.60. The molecule has 1 aliphatic heterocycles. The Bertz CT molecular complexity index is 1240. The highest BCUT2D eigenvalue weighted by Crippen LogP contribution is 2.38. The maximum Gasteiger partial charge on any atom is 0.307 e. The first-order valence-corrected chi connectivity index (χ1v) is 10.7. The number of amides is 1. The van der Waals surface area contributed by atoms with Gasteiger partial charge in [-0.25, -0.2) is 5.43 Å². The van der Waals surface area contributed by atoms with Crippen molar-refractivity contribution in [1.82, 2.24) is 5.43 Å². The standard InChI is InChI=1S/C24H24BrN3O3/c1-14-12-24(2,3)28(4)19-7-6-15(8-18(14)19)13-26-27-23(29)21-10-16-9-17(25)11-20(30-5)22(16)31-21/h6-13H,1-5H3,(H,27,29)/b26-13+. The van der Waals surface area contributed by atoms with Crippen LogP contribution in [0.4, 0.5) is 5.69 Å². The third-order valence-corrected chi connectivity index (χ3v) is 6.07. The Kier molecular flexibility index (Phi) is 5.39. The molecule has 31 heavy (non-hydrogen) atoms. The van der Waals surface area contributed by atoms with Crippen molar-refractivity contribution in [2.75, 3.05) is 19.1 Å². The van der Waals surface area contributed by atoms with Gasteiger partial charge in [-0.15, -0.1) is 0 Å². The van der Waals surface area contributed by atoms with E-state index in [0.717, 1.165) is 21.0 Å². The third kappa shape index (κ3) is 3.97. The highest BCUT2D eigenvalue weighted by atomic mass is 79.9. The number of nitrogens with zero attached hydrogens (tertiary/aromatic N) is 2. The Hall–Kier alpha value is -3.06. The van der Waals surface area contributed by atoms with E-state index in [4.69, 9.17) is 9.15 Å². The second kappa shape index (κ2) is 7.89. The van der Waals surface area contributed by atoms with Gasteiger partial charge in [-0.1, -0.05) is 28.1 Å². The Morgan fingerprint density at radius 3 is 2.77 bits per heavy atom. The SMILES string of the molecule is COc1cc(Br)cc2cc(C(=O)N/N=C/c3ccc4c(c3)C(C)=CC(C)(C)N4C)oc12. The summed E-state index contributed by atoms with van der Waals surface area (Å²) in [5, 5.41) is 4.88. The van der Waals surface area contributed by atoms with Crippen LogP contribution >= 0.6 is 15.9 Å². The number of allylic oxidation sites excluding steroid dienone is 1. The van der Waals surface area contributed by atoms with Crippen LogP contribution in [0.2, 0.25) is 0 Å². The van der Waals surface area contributed by atoms with Gasteiger partial charge in [-0.05, 0) is 62.2 Å². The first-order chi connectivity index (χ1) is 14.7. The van der Waals surface area contributed by atoms with Crippen LogP contribution in [-0.4, -0.2) is 31.8 Å². The largest absolute Gasteiger partial charge is 0.493 e. The molecule has 0 fully saturated rings. The molecule has 7 heteroatoms.